The molecule has 0 spiro atoms. The van der Waals surface area contributed by atoms with Crippen LogP contribution in [0.3, 0.4) is 0 Å². The number of hydrogen-bond donors (Lipinski definition) is 4. The van der Waals surface area contributed by atoms with Gasteiger partial charge in [-0.1, -0.05) is 62.4 Å². The number of likely N-dealkylation sites (tertiary alicyclic amines) is 2. The molecule has 3 aromatic heterocycles. The maximum Gasteiger partial charge on any atom is 0.407 e. The third-order valence-corrected chi connectivity index (χ3v) is 11.7. The Hall–Kier alpha value is -7.10. The van der Waals surface area contributed by atoms with Crippen LogP contribution in [0.2, 0.25) is 0 Å². The predicted molar refractivity (Wildman–Crippen MR) is 229 cm³/mol. The topological polar surface area (TPSA) is 188 Å². The molecule has 15 nitrogen and oxygen atoms in total. The molecule has 320 valence electrons. The number of carbonyl (C=O) groups is 4. The summed E-state index contributed by atoms with van der Waals surface area (Å²) in [6.45, 7) is 4.80. The number of imidazole rings is 2. The van der Waals surface area contributed by atoms with Crippen molar-refractivity contribution in [2.75, 3.05) is 27.3 Å². The molecule has 5 heterocycles. The lowest BCUT2D eigenvalue weighted by Crippen LogP contribution is -2.51. The van der Waals surface area contributed by atoms with Crippen molar-refractivity contribution in [3.63, 3.8) is 0 Å². The van der Waals surface area contributed by atoms with Crippen LogP contribution in [0.15, 0.2) is 91.4 Å². The summed E-state index contributed by atoms with van der Waals surface area (Å²) in [6.07, 6.45) is 6.67. The number of amides is 4. The van der Waals surface area contributed by atoms with Crippen LogP contribution >= 0.6 is 0 Å². The first kappa shape index (κ1) is 41.6. The molecule has 4 N–H and O–H groups in total. The zero-order chi connectivity index (χ0) is 43.5. The number of rotatable bonds is 11. The van der Waals surface area contributed by atoms with E-state index in [4.69, 9.17) is 9.47 Å². The van der Waals surface area contributed by atoms with Crippen LogP contribution in [0.1, 0.15) is 74.9 Å². The molecule has 3 aromatic carbocycles. The number of benzene rings is 3. The summed E-state index contributed by atoms with van der Waals surface area (Å²) in [7, 11) is 2.53. The summed E-state index contributed by atoms with van der Waals surface area (Å²) in [6, 6.07) is 19.5. The molecule has 8 rings (SSSR count). The predicted octanol–water partition coefficient (Wildman–Crippen LogP) is 7.63. The fourth-order valence-corrected chi connectivity index (χ4v) is 8.44. The van der Waals surface area contributed by atoms with Crippen molar-refractivity contribution in [3.05, 3.63) is 114 Å². The van der Waals surface area contributed by atoms with E-state index in [-0.39, 0.29) is 23.8 Å². The number of hydrogen-bond acceptors (Lipinski definition) is 9. The molecule has 0 radical (unpaired) electrons. The number of alkyl carbamates (subject to hydrolysis) is 2. The smallest absolute Gasteiger partial charge is 0.407 e. The first-order valence-electron chi connectivity index (χ1n) is 20.7. The fourth-order valence-electron chi connectivity index (χ4n) is 8.44. The standard InChI is InChI=1S/C46H48FN9O6/c1-26(2)39(53-45(59)61-3)43(57)55-18-8-12-37(55)41-49-24-35(51-41)29-15-14-28-22-34(48-23-31(28)20-29)30-16-17-32(33(47)21-30)36-25-50-42(52-36)38-13-9-19-56(38)44(58)40(54-46(60)62-4)27-10-6-5-7-11-27/h5-7,10-11,14-17,20-26,37-40H,8-9,12-13,18-19H2,1-4H3,(H,49,51)(H,50,52)(H,53,59)(H,54,60). The minimum atomic E-state index is -0.949. The van der Waals surface area contributed by atoms with Gasteiger partial charge in [-0.25, -0.2) is 23.9 Å². The maximum absolute atomic E-state index is 15.9. The van der Waals surface area contributed by atoms with Gasteiger partial charge < -0.3 is 39.9 Å². The Labute approximate surface area is 357 Å². The molecular weight excluding hydrogens is 794 g/mol. The van der Waals surface area contributed by atoms with Crippen LogP contribution in [0, 0.1) is 11.7 Å². The molecule has 0 saturated carbocycles. The van der Waals surface area contributed by atoms with Crippen molar-refractivity contribution in [1.82, 2.24) is 45.4 Å². The van der Waals surface area contributed by atoms with Crippen LogP contribution in [0.25, 0.3) is 44.5 Å². The molecule has 62 heavy (non-hydrogen) atoms. The number of H-pyrrole nitrogens is 2. The van der Waals surface area contributed by atoms with Gasteiger partial charge in [0.1, 0.15) is 29.5 Å². The van der Waals surface area contributed by atoms with Crippen LogP contribution in [0.4, 0.5) is 14.0 Å². The number of pyridine rings is 1. The molecule has 2 saturated heterocycles. The average molecular weight is 842 g/mol. The Morgan fingerprint density at radius 2 is 1.34 bits per heavy atom. The highest BCUT2D eigenvalue weighted by molar-refractivity contribution is 5.90. The Kier molecular flexibility index (Phi) is 12.0. The van der Waals surface area contributed by atoms with Gasteiger partial charge in [0, 0.05) is 41.4 Å². The largest absolute Gasteiger partial charge is 0.453 e. The highest BCUT2D eigenvalue weighted by atomic mass is 19.1. The number of nitrogens with zero attached hydrogens (tertiary/aromatic N) is 5. The number of fused-ring (bicyclic) bond motifs is 1. The van der Waals surface area contributed by atoms with Crippen molar-refractivity contribution in [2.45, 2.75) is 63.7 Å². The number of methoxy groups -OCH3 is 2. The Morgan fingerprint density at radius 3 is 2.00 bits per heavy atom. The molecule has 6 aromatic rings. The normalized spacial score (nSPS) is 17.3. The lowest BCUT2D eigenvalue weighted by molar-refractivity contribution is -0.135. The molecule has 4 unspecified atom stereocenters. The van der Waals surface area contributed by atoms with Crippen molar-refractivity contribution < 1.29 is 33.0 Å². The minimum Gasteiger partial charge on any atom is -0.453 e. The van der Waals surface area contributed by atoms with E-state index in [2.05, 4.69) is 35.6 Å². The Balaban J connectivity index is 0.961. The van der Waals surface area contributed by atoms with E-state index in [0.717, 1.165) is 41.3 Å². The van der Waals surface area contributed by atoms with Gasteiger partial charge in [-0.15, -0.1) is 0 Å². The molecule has 2 aliphatic heterocycles. The molecule has 0 aliphatic carbocycles. The van der Waals surface area contributed by atoms with Gasteiger partial charge in [0.15, 0.2) is 0 Å². The summed E-state index contributed by atoms with van der Waals surface area (Å²) >= 11 is 0. The SMILES string of the molecule is COC(=O)NC(C(=O)N1CCCC1c1ncc(-c2ccc(-c3cc4ccc(-c5cnc(C6CCCN6C(=O)C(NC(=O)OC)C(C)C)[nH]5)cc4cn3)cc2F)[nH]1)c1ccccc1. The van der Waals surface area contributed by atoms with Gasteiger partial charge in [0.05, 0.1) is 55.8 Å². The monoisotopic (exact) mass is 841 g/mol. The summed E-state index contributed by atoms with van der Waals surface area (Å²) in [5, 5.41) is 7.15. The lowest BCUT2D eigenvalue weighted by Gasteiger charge is -2.30. The van der Waals surface area contributed by atoms with Crippen molar-refractivity contribution in [2.24, 2.45) is 5.92 Å². The van der Waals surface area contributed by atoms with E-state index >= 15 is 4.39 Å². The van der Waals surface area contributed by atoms with E-state index in [9.17, 15) is 19.2 Å². The second-order valence-electron chi connectivity index (χ2n) is 15.9. The van der Waals surface area contributed by atoms with Crippen molar-refractivity contribution in [1.29, 1.82) is 0 Å². The minimum absolute atomic E-state index is 0.133. The van der Waals surface area contributed by atoms with Crippen LogP contribution in [0.5, 0.6) is 0 Å². The molecular formula is C46H48FN9O6. The molecule has 16 heteroatoms. The van der Waals surface area contributed by atoms with E-state index in [1.165, 1.54) is 20.3 Å². The quantitative estimate of drug-likeness (QED) is 0.102. The van der Waals surface area contributed by atoms with Gasteiger partial charge in [-0.3, -0.25) is 14.6 Å². The van der Waals surface area contributed by atoms with Crippen molar-refractivity contribution in [3.8, 4) is 33.8 Å². The third-order valence-electron chi connectivity index (χ3n) is 11.7. The molecule has 0 bridgehead atoms. The van der Waals surface area contributed by atoms with Gasteiger partial charge >= 0.3 is 12.2 Å². The average Bonchev–Trinajstić information content (AvgIpc) is 4.14. The van der Waals surface area contributed by atoms with E-state index < -0.39 is 36.1 Å². The number of carbonyl (C=O) groups excluding carboxylic acids is 4. The Morgan fingerprint density at radius 1 is 0.710 bits per heavy atom. The highest BCUT2D eigenvalue weighted by Gasteiger charge is 2.39. The van der Waals surface area contributed by atoms with Crippen molar-refractivity contribution >= 4 is 34.8 Å². The van der Waals surface area contributed by atoms with Gasteiger partial charge in [-0.05, 0) is 66.8 Å². The number of ether oxygens (including phenoxy) is 2. The van der Waals surface area contributed by atoms with E-state index in [0.29, 0.717) is 59.2 Å². The number of aromatic amines is 2. The van der Waals surface area contributed by atoms with Gasteiger partial charge in [-0.2, -0.15) is 0 Å². The maximum atomic E-state index is 15.9. The van der Waals surface area contributed by atoms with Gasteiger partial charge in [0.2, 0.25) is 5.91 Å². The first-order chi connectivity index (χ1) is 30.0. The molecule has 2 aliphatic rings. The molecule has 4 atom stereocenters. The molecule has 4 amide bonds. The lowest BCUT2D eigenvalue weighted by atomic mass is 10.0. The summed E-state index contributed by atoms with van der Waals surface area (Å²) in [4.78, 5) is 75.8. The summed E-state index contributed by atoms with van der Waals surface area (Å²) < 4.78 is 25.5. The summed E-state index contributed by atoms with van der Waals surface area (Å²) in [5.74, 6) is 0.149. The summed E-state index contributed by atoms with van der Waals surface area (Å²) in [5.41, 5.74) is 4.31. The zero-order valence-corrected chi connectivity index (χ0v) is 34.9. The van der Waals surface area contributed by atoms with E-state index in [1.54, 1.807) is 58.7 Å². The highest BCUT2D eigenvalue weighted by Crippen LogP contribution is 2.36. The second kappa shape index (κ2) is 17.9. The number of nitrogens with one attached hydrogen (secondary N) is 4. The Bertz CT molecular complexity index is 2610. The molecule has 2 fully saturated rings. The van der Waals surface area contributed by atoms with Crippen LogP contribution in [-0.4, -0.2) is 92.1 Å². The third kappa shape index (κ3) is 8.44. The van der Waals surface area contributed by atoms with Gasteiger partial charge in [0.25, 0.3) is 5.91 Å². The van der Waals surface area contributed by atoms with Crippen LogP contribution in [-0.2, 0) is 19.1 Å². The number of halogens is 1. The van der Waals surface area contributed by atoms with E-state index in [1.807, 2.05) is 50.2 Å². The second-order valence-corrected chi connectivity index (χ2v) is 15.9. The van der Waals surface area contributed by atoms with Crippen LogP contribution < -0.4 is 10.6 Å². The first-order valence-corrected chi connectivity index (χ1v) is 20.7. The fraction of sp³-hybridized carbons (Fsp3) is 0.326. The number of aromatic nitrogens is 5. The zero-order valence-electron chi connectivity index (χ0n) is 34.9.